The van der Waals surface area contributed by atoms with Gasteiger partial charge in [0.2, 0.25) is 5.90 Å². The maximum absolute atomic E-state index is 4.67. The van der Waals surface area contributed by atoms with Crippen LogP contribution in [0.25, 0.3) is 0 Å². The van der Waals surface area contributed by atoms with E-state index in [-0.39, 0.29) is 0 Å². The predicted molar refractivity (Wildman–Crippen MR) is 26.5 cm³/mol. The number of hydroxylamine groups is 1. The summed E-state index contributed by atoms with van der Waals surface area (Å²) >= 11 is 0. The van der Waals surface area contributed by atoms with Crippen LogP contribution in [0.2, 0.25) is 0 Å². The van der Waals surface area contributed by atoms with Crippen molar-refractivity contribution < 1.29 is 4.84 Å². The summed E-state index contributed by atoms with van der Waals surface area (Å²) in [5.41, 5.74) is 2.47. The molecule has 3 heteroatoms. The van der Waals surface area contributed by atoms with Crippen molar-refractivity contribution in [1.82, 2.24) is 5.48 Å². The Hall–Kier alpha value is -0.990. The average molecular weight is 98.1 g/mol. The van der Waals surface area contributed by atoms with Crippen molar-refractivity contribution in [3.8, 4) is 0 Å². The third-order valence-corrected chi connectivity index (χ3v) is 0.609. The second kappa shape index (κ2) is 1.26. The van der Waals surface area contributed by atoms with Crippen molar-refractivity contribution in [1.29, 1.82) is 0 Å². The minimum Gasteiger partial charge on any atom is -0.365 e. The van der Waals surface area contributed by atoms with E-state index in [2.05, 4.69) is 21.9 Å². The van der Waals surface area contributed by atoms with Crippen LogP contribution in [0, 0.1) is 0 Å². The third kappa shape index (κ3) is 0.707. The van der Waals surface area contributed by atoms with Crippen LogP contribution in [0.1, 0.15) is 6.92 Å². The first kappa shape index (κ1) is 4.18. The van der Waals surface area contributed by atoms with E-state index in [4.69, 9.17) is 0 Å². The SMILES string of the molecule is C=C1N=C(C)ON1. The topological polar surface area (TPSA) is 33.6 Å². The zero-order valence-corrected chi connectivity index (χ0v) is 4.06. The molecule has 38 valence electrons. The van der Waals surface area contributed by atoms with E-state index in [1.54, 1.807) is 6.92 Å². The molecule has 0 atom stereocenters. The van der Waals surface area contributed by atoms with Crippen molar-refractivity contribution in [2.24, 2.45) is 4.99 Å². The maximum Gasteiger partial charge on any atom is 0.220 e. The van der Waals surface area contributed by atoms with Gasteiger partial charge in [0.05, 0.1) is 0 Å². The highest BCUT2D eigenvalue weighted by atomic mass is 16.7. The number of nitrogens with one attached hydrogen (secondary N) is 1. The van der Waals surface area contributed by atoms with E-state index in [0.717, 1.165) is 0 Å². The van der Waals surface area contributed by atoms with Crippen LogP contribution in [-0.4, -0.2) is 5.90 Å². The summed E-state index contributed by atoms with van der Waals surface area (Å²) < 4.78 is 0. The fourth-order valence-electron chi connectivity index (χ4n) is 0.368. The molecule has 0 fully saturated rings. The van der Waals surface area contributed by atoms with Gasteiger partial charge in [0.15, 0.2) is 5.82 Å². The second-order valence-electron chi connectivity index (χ2n) is 1.28. The Morgan fingerprint density at radius 2 is 2.57 bits per heavy atom. The number of rotatable bonds is 0. The monoisotopic (exact) mass is 98.0 g/mol. The smallest absolute Gasteiger partial charge is 0.220 e. The normalized spacial score (nSPS) is 17.9. The first-order chi connectivity index (χ1) is 3.29. The Kier molecular flexibility index (Phi) is 0.749. The molecule has 0 bridgehead atoms. The van der Waals surface area contributed by atoms with Crippen LogP contribution in [-0.2, 0) is 4.84 Å². The van der Waals surface area contributed by atoms with E-state index >= 15 is 0 Å². The lowest BCUT2D eigenvalue weighted by atomic mass is 10.8. The number of hydrogen-bond acceptors (Lipinski definition) is 3. The Labute approximate surface area is 41.7 Å². The van der Waals surface area contributed by atoms with Crippen LogP contribution >= 0.6 is 0 Å². The highest BCUT2D eigenvalue weighted by Crippen LogP contribution is 1.96. The highest BCUT2D eigenvalue weighted by molar-refractivity contribution is 5.75. The number of nitrogens with zero attached hydrogens (tertiary/aromatic N) is 1. The molecule has 1 aliphatic rings. The standard InChI is InChI=1S/C4H6N2O/c1-3-5-4(2)7-6-3/h6H,1H2,2H3. The van der Waals surface area contributed by atoms with Crippen LogP contribution in [0.4, 0.5) is 0 Å². The largest absolute Gasteiger partial charge is 0.365 e. The van der Waals surface area contributed by atoms with E-state index in [1.807, 2.05) is 0 Å². The Balaban J connectivity index is 2.67. The Bertz CT molecular complexity index is 128. The lowest BCUT2D eigenvalue weighted by Crippen LogP contribution is -2.04. The van der Waals surface area contributed by atoms with Crippen LogP contribution < -0.4 is 5.48 Å². The summed E-state index contributed by atoms with van der Waals surface area (Å²) in [6, 6.07) is 0. The second-order valence-corrected chi connectivity index (χ2v) is 1.28. The number of aliphatic imine (C=N–C) groups is 1. The Morgan fingerprint density at radius 1 is 1.86 bits per heavy atom. The van der Waals surface area contributed by atoms with Crippen molar-refractivity contribution in [2.75, 3.05) is 0 Å². The molecule has 0 saturated heterocycles. The van der Waals surface area contributed by atoms with Gasteiger partial charge in [-0.1, -0.05) is 6.58 Å². The van der Waals surface area contributed by atoms with Gasteiger partial charge in [0.1, 0.15) is 0 Å². The molecule has 1 N–H and O–H groups in total. The molecule has 0 aromatic rings. The summed E-state index contributed by atoms with van der Waals surface area (Å²) in [7, 11) is 0. The molecule has 1 rings (SSSR count). The lowest BCUT2D eigenvalue weighted by molar-refractivity contribution is 0.236. The molecule has 0 spiro atoms. The molecule has 0 aliphatic carbocycles. The first-order valence-corrected chi connectivity index (χ1v) is 1.96. The van der Waals surface area contributed by atoms with E-state index in [0.29, 0.717) is 11.7 Å². The summed E-state index contributed by atoms with van der Waals surface area (Å²) in [6.45, 7) is 5.24. The summed E-state index contributed by atoms with van der Waals surface area (Å²) in [5.74, 6) is 1.18. The number of hydrogen-bond donors (Lipinski definition) is 1. The zero-order valence-electron chi connectivity index (χ0n) is 4.06. The molecule has 1 heterocycles. The fourth-order valence-corrected chi connectivity index (χ4v) is 0.368. The zero-order chi connectivity index (χ0) is 5.28. The lowest BCUT2D eigenvalue weighted by Gasteiger charge is -1.89. The fraction of sp³-hybridized carbons (Fsp3) is 0.250. The van der Waals surface area contributed by atoms with E-state index in [9.17, 15) is 0 Å². The average Bonchev–Trinajstić information content (AvgIpc) is 1.87. The summed E-state index contributed by atoms with van der Waals surface area (Å²) in [5, 5.41) is 0. The van der Waals surface area contributed by atoms with Gasteiger partial charge in [0, 0.05) is 6.92 Å². The molecule has 1 aliphatic heterocycles. The summed E-state index contributed by atoms with van der Waals surface area (Å²) in [6.07, 6.45) is 0. The molecule has 0 aromatic carbocycles. The van der Waals surface area contributed by atoms with E-state index in [1.165, 1.54) is 0 Å². The van der Waals surface area contributed by atoms with Gasteiger partial charge in [-0.15, -0.1) is 0 Å². The van der Waals surface area contributed by atoms with Crippen molar-refractivity contribution in [2.45, 2.75) is 6.92 Å². The quantitative estimate of drug-likeness (QED) is 0.476. The molecule has 0 radical (unpaired) electrons. The van der Waals surface area contributed by atoms with Gasteiger partial charge < -0.3 is 4.84 Å². The first-order valence-electron chi connectivity index (χ1n) is 1.96. The minimum absolute atomic E-state index is 0.567. The van der Waals surface area contributed by atoms with Gasteiger partial charge in [-0.3, -0.25) is 0 Å². The molecule has 7 heavy (non-hydrogen) atoms. The van der Waals surface area contributed by atoms with Crippen molar-refractivity contribution in [3.05, 3.63) is 12.4 Å². The highest BCUT2D eigenvalue weighted by Gasteiger charge is 2.01. The van der Waals surface area contributed by atoms with Gasteiger partial charge in [-0.05, 0) is 0 Å². The van der Waals surface area contributed by atoms with Gasteiger partial charge in [0.25, 0.3) is 0 Å². The van der Waals surface area contributed by atoms with Crippen LogP contribution in [0.15, 0.2) is 17.4 Å². The van der Waals surface area contributed by atoms with Crippen LogP contribution in [0.5, 0.6) is 0 Å². The van der Waals surface area contributed by atoms with Gasteiger partial charge >= 0.3 is 0 Å². The van der Waals surface area contributed by atoms with Crippen molar-refractivity contribution in [3.63, 3.8) is 0 Å². The third-order valence-electron chi connectivity index (χ3n) is 0.609. The molecular formula is C4H6N2O. The molecule has 0 aromatic heterocycles. The van der Waals surface area contributed by atoms with Crippen molar-refractivity contribution >= 4 is 5.90 Å². The molecule has 0 saturated carbocycles. The maximum atomic E-state index is 4.67. The van der Waals surface area contributed by atoms with Gasteiger partial charge in [-0.25, -0.2) is 5.48 Å². The summed E-state index contributed by atoms with van der Waals surface area (Å²) in [4.78, 5) is 8.44. The molecule has 0 unspecified atom stereocenters. The molecule has 3 nitrogen and oxygen atoms in total. The molecule has 0 amide bonds. The van der Waals surface area contributed by atoms with Crippen LogP contribution in [0.3, 0.4) is 0 Å². The predicted octanol–water partition coefficient (Wildman–Crippen LogP) is 0.411. The Morgan fingerprint density at radius 3 is 2.71 bits per heavy atom. The van der Waals surface area contributed by atoms with Gasteiger partial charge in [-0.2, -0.15) is 4.99 Å². The minimum atomic E-state index is 0.567. The molecular weight excluding hydrogens is 92.1 g/mol. The van der Waals surface area contributed by atoms with E-state index < -0.39 is 0 Å².